The van der Waals surface area contributed by atoms with Crippen LogP contribution in [0.25, 0.3) is 0 Å². The molecular formula is C19H28N4O2. The second-order valence-corrected chi connectivity index (χ2v) is 8.70. The molecule has 4 saturated carbocycles. The van der Waals surface area contributed by atoms with Crippen molar-refractivity contribution < 1.29 is 9.53 Å². The minimum atomic E-state index is 0.0107. The summed E-state index contributed by atoms with van der Waals surface area (Å²) in [5, 5.41) is 7.87. The zero-order chi connectivity index (χ0) is 17.0. The largest absolute Gasteiger partial charge is 0.377 e. The highest BCUT2D eigenvalue weighted by atomic mass is 16.5. The summed E-state index contributed by atoms with van der Waals surface area (Å²) in [4.78, 5) is 17.8. The average molecular weight is 344 g/mol. The lowest BCUT2D eigenvalue weighted by Gasteiger charge is -2.53. The highest BCUT2D eigenvalue weighted by molar-refractivity contribution is 5.80. The molecule has 6 rings (SSSR count). The third-order valence-electron chi connectivity index (χ3n) is 7.04. The lowest BCUT2D eigenvalue weighted by Crippen LogP contribution is -2.51. The third kappa shape index (κ3) is 2.69. The zero-order valence-electron chi connectivity index (χ0n) is 15.0. The summed E-state index contributed by atoms with van der Waals surface area (Å²) in [6.45, 7) is 1.31. The number of hydrogen-bond acceptors (Lipinski definition) is 4. The van der Waals surface area contributed by atoms with Crippen molar-refractivity contribution >= 4 is 5.91 Å². The van der Waals surface area contributed by atoms with Crippen molar-refractivity contribution in [2.24, 2.45) is 29.6 Å². The topological polar surface area (TPSA) is 69.0 Å². The number of hydrogen-bond donors (Lipinski definition) is 1. The van der Waals surface area contributed by atoms with Gasteiger partial charge in [-0.1, -0.05) is 0 Å². The number of methoxy groups -OCH3 is 1. The first-order valence-corrected chi connectivity index (χ1v) is 9.94. The molecule has 0 radical (unpaired) electrons. The molecule has 1 atom stereocenters. The molecule has 0 spiro atoms. The van der Waals surface area contributed by atoms with Crippen LogP contribution in [-0.4, -0.2) is 27.8 Å². The monoisotopic (exact) mass is 344 g/mol. The molecule has 4 bridgehead atoms. The van der Waals surface area contributed by atoms with Gasteiger partial charge in [0.15, 0.2) is 5.82 Å². The molecule has 136 valence electrons. The summed E-state index contributed by atoms with van der Waals surface area (Å²) in [6.07, 6.45) is 8.55. The Bertz CT molecular complexity index is 642. The Morgan fingerprint density at radius 3 is 2.60 bits per heavy atom. The van der Waals surface area contributed by atoms with E-state index in [9.17, 15) is 4.79 Å². The van der Waals surface area contributed by atoms with Gasteiger partial charge in [-0.3, -0.25) is 4.79 Å². The van der Waals surface area contributed by atoms with Crippen LogP contribution in [0.1, 0.15) is 62.6 Å². The van der Waals surface area contributed by atoms with E-state index in [1.165, 1.54) is 32.1 Å². The van der Waals surface area contributed by atoms with E-state index in [0.29, 0.717) is 24.3 Å². The van der Waals surface area contributed by atoms with Crippen molar-refractivity contribution in [3.05, 3.63) is 11.6 Å². The molecule has 6 heteroatoms. The lowest BCUT2D eigenvalue weighted by molar-refractivity contribution is -0.139. The first-order valence-electron chi connectivity index (χ1n) is 9.94. The molecule has 0 saturated heterocycles. The van der Waals surface area contributed by atoms with E-state index in [-0.39, 0.29) is 17.9 Å². The van der Waals surface area contributed by atoms with Crippen LogP contribution in [0.2, 0.25) is 0 Å². The molecule has 1 amide bonds. The van der Waals surface area contributed by atoms with Crippen molar-refractivity contribution in [3.63, 3.8) is 0 Å². The fourth-order valence-electron chi connectivity index (χ4n) is 6.35. The normalized spacial score (nSPS) is 38.6. The number of aryl methyl sites for hydroxylation is 1. The van der Waals surface area contributed by atoms with Crippen LogP contribution in [0.5, 0.6) is 0 Å². The summed E-state index contributed by atoms with van der Waals surface area (Å²) in [6, 6.07) is 0.0107. The Labute approximate surface area is 148 Å². The van der Waals surface area contributed by atoms with Crippen molar-refractivity contribution in [3.8, 4) is 0 Å². The fraction of sp³-hybridized carbons (Fsp3) is 0.842. The van der Waals surface area contributed by atoms with Crippen LogP contribution in [0.3, 0.4) is 0 Å². The number of carbonyl (C=O) groups is 1. The molecular weight excluding hydrogens is 316 g/mol. The maximum absolute atomic E-state index is 13.2. The van der Waals surface area contributed by atoms with Crippen LogP contribution in [-0.2, 0) is 22.7 Å². The van der Waals surface area contributed by atoms with Crippen molar-refractivity contribution in [2.75, 3.05) is 7.11 Å². The van der Waals surface area contributed by atoms with Crippen LogP contribution in [0.15, 0.2) is 0 Å². The maximum Gasteiger partial charge on any atom is 0.224 e. The van der Waals surface area contributed by atoms with E-state index < -0.39 is 0 Å². The molecule has 0 unspecified atom stereocenters. The molecule has 25 heavy (non-hydrogen) atoms. The number of ether oxygens (including phenoxy) is 1. The second kappa shape index (κ2) is 6.08. The minimum Gasteiger partial charge on any atom is -0.377 e. The number of aromatic nitrogens is 3. The van der Waals surface area contributed by atoms with Crippen molar-refractivity contribution in [1.82, 2.24) is 20.1 Å². The van der Waals surface area contributed by atoms with Gasteiger partial charge < -0.3 is 10.1 Å². The third-order valence-corrected chi connectivity index (χ3v) is 7.04. The Balaban J connectivity index is 1.32. The van der Waals surface area contributed by atoms with E-state index in [0.717, 1.165) is 37.0 Å². The van der Waals surface area contributed by atoms with Gasteiger partial charge in [-0.2, -0.15) is 5.10 Å². The molecule has 0 aromatic carbocycles. The lowest BCUT2D eigenvalue weighted by atomic mass is 9.51. The van der Waals surface area contributed by atoms with Gasteiger partial charge in [0.05, 0.1) is 6.04 Å². The second-order valence-electron chi connectivity index (χ2n) is 8.70. The van der Waals surface area contributed by atoms with E-state index >= 15 is 0 Å². The van der Waals surface area contributed by atoms with Gasteiger partial charge in [0.2, 0.25) is 5.91 Å². The van der Waals surface area contributed by atoms with Crippen LogP contribution in [0.4, 0.5) is 0 Å². The van der Waals surface area contributed by atoms with Crippen molar-refractivity contribution in [2.45, 2.75) is 64.1 Å². The number of nitrogens with zero attached hydrogens (tertiary/aromatic N) is 3. The zero-order valence-corrected chi connectivity index (χ0v) is 15.0. The molecule has 4 fully saturated rings. The Morgan fingerprint density at radius 1 is 1.20 bits per heavy atom. The van der Waals surface area contributed by atoms with Gasteiger partial charge in [-0.05, 0) is 68.6 Å². The summed E-state index contributed by atoms with van der Waals surface area (Å²) < 4.78 is 7.11. The molecule has 2 heterocycles. The first-order chi connectivity index (χ1) is 12.2. The number of nitrogens with one attached hydrogen (secondary N) is 1. The maximum atomic E-state index is 13.2. The van der Waals surface area contributed by atoms with E-state index in [1.54, 1.807) is 7.11 Å². The van der Waals surface area contributed by atoms with Gasteiger partial charge >= 0.3 is 0 Å². The predicted molar refractivity (Wildman–Crippen MR) is 91.4 cm³/mol. The SMILES string of the molecule is COCc1nc2n(n1)CCC[C@@H]2NC(=O)C1C2CC3CC(C2)CC1C3. The molecule has 1 aromatic rings. The summed E-state index contributed by atoms with van der Waals surface area (Å²) in [7, 11) is 1.66. The molecule has 1 aliphatic heterocycles. The van der Waals surface area contributed by atoms with Gasteiger partial charge in [0.1, 0.15) is 12.4 Å². The Kier molecular flexibility index (Phi) is 3.84. The quantitative estimate of drug-likeness (QED) is 0.911. The van der Waals surface area contributed by atoms with E-state index in [2.05, 4.69) is 15.4 Å². The summed E-state index contributed by atoms with van der Waals surface area (Å²) in [5.41, 5.74) is 0. The molecule has 4 aliphatic carbocycles. The van der Waals surface area contributed by atoms with Gasteiger partial charge in [-0.15, -0.1) is 0 Å². The smallest absolute Gasteiger partial charge is 0.224 e. The summed E-state index contributed by atoms with van der Waals surface area (Å²) in [5.74, 6) is 5.21. The standard InChI is InChI=1S/C19H28N4O2/c1-25-10-16-21-18-15(3-2-4-23(18)22-16)20-19(24)17-13-6-11-5-12(8-13)9-14(17)7-11/h11-15,17H,2-10H2,1H3,(H,20,24)/t11?,12?,13?,14?,15-,17?/m0/s1. The highest BCUT2D eigenvalue weighted by Gasteiger charge is 2.51. The fourth-order valence-corrected chi connectivity index (χ4v) is 6.35. The molecule has 6 nitrogen and oxygen atoms in total. The number of amides is 1. The minimum absolute atomic E-state index is 0.0107. The predicted octanol–water partition coefficient (Wildman–Crippen LogP) is 2.45. The average Bonchev–Trinajstić information content (AvgIpc) is 2.98. The number of fused-ring (bicyclic) bond motifs is 1. The van der Waals surface area contributed by atoms with Gasteiger partial charge in [0, 0.05) is 19.6 Å². The van der Waals surface area contributed by atoms with Crippen molar-refractivity contribution in [1.29, 1.82) is 0 Å². The molecule has 5 aliphatic rings. The Morgan fingerprint density at radius 2 is 1.92 bits per heavy atom. The number of carbonyl (C=O) groups excluding carboxylic acids is 1. The van der Waals surface area contributed by atoms with Crippen LogP contribution in [0, 0.1) is 29.6 Å². The van der Waals surface area contributed by atoms with Gasteiger partial charge in [-0.25, -0.2) is 9.67 Å². The highest BCUT2D eigenvalue weighted by Crippen LogP contribution is 2.56. The van der Waals surface area contributed by atoms with Crippen LogP contribution >= 0.6 is 0 Å². The first kappa shape index (κ1) is 15.8. The summed E-state index contributed by atoms with van der Waals surface area (Å²) >= 11 is 0. The number of rotatable bonds is 4. The Hall–Kier alpha value is -1.43. The molecule has 1 N–H and O–H groups in total. The van der Waals surface area contributed by atoms with E-state index in [1.807, 2.05) is 4.68 Å². The molecule has 1 aromatic heterocycles. The van der Waals surface area contributed by atoms with Gasteiger partial charge in [0.25, 0.3) is 0 Å². The van der Waals surface area contributed by atoms with Crippen LogP contribution < -0.4 is 5.32 Å². The van der Waals surface area contributed by atoms with E-state index in [4.69, 9.17) is 4.74 Å².